The second-order valence-electron chi connectivity index (χ2n) is 6.11. The number of rotatable bonds is 4. The van der Waals surface area contributed by atoms with Gasteiger partial charge in [-0.3, -0.25) is 0 Å². The molecule has 2 aliphatic heterocycles. The summed E-state index contributed by atoms with van der Waals surface area (Å²) in [6.07, 6.45) is 5.31. The third-order valence-electron chi connectivity index (χ3n) is 4.40. The molecule has 18 heavy (non-hydrogen) atoms. The van der Waals surface area contributed by atoms with Crippen molar-refractivity contribution in [3.63, 3.8) is 0 Å². The number of hydrogen-bond acceptors (Lipinski definition) is 2. The molecule has 0 radical (unpaired) electrons. The number of fused-ring (bicyclic) bond motifs is 1. The standard InChI is InChI=1S/C16H23NO/c1-3-6-16(10-17-11-16)9-14-8-13-7-12(2)4-5-15(13)18-14/h4-5,7,14,17H,3,6,8-11H2,1-2H3. The van der Waals surface area contributed by atoms with E-state index in [1.165, 1.54) is 43.5 Å². The van der Waals surface area contributed by atoms with Gasteiger partial charge in [-0.15, -0.1) is 0 Å². The van der Waals surface area contributed by atoms with Gasteiger partial charge in [0, 0.05) is 19.5 Å². The van der Waals surface area contributed by atoms with Gasteiger partial charge in [0.25, 0.3) is 0 Å². The molecule has 2 aliphatic rings. The van der Waals surface area contributed by atoms with Gasteiger partial charge in [-0.05, 0) is 36.8 Å². The molecule has 0 spiro atoms. The number of ether oxygens (including phenoxy) is 1. The lowest BCUT2D eigenvalue weighted by Crippen LogP contribution is -2.55. The molecule has 2 nitrogen and oxygen atoms in total. The Morgan fingerprint density at radius 1 is 1.39 bits per heavy atom. The molecule has 1 aromatic carbocycles. The quantitative estimate of drug-likeness (QED) is 0.880. The summed E-state index contributed by atoms with van der Waals surface area (Å²) in [4.78, 5) is 0. The first-order valence-electron chi connectivity index (χ1n) is 7.18. The molecule has 1 atom stereocenters. The number of benzene rings is 1. The Labute approximate surface area is 110 Å². The van der Waals surface area contributed by atoms with E-state index in [0.29, 0.717) is 11.5 Å². The minimum Gasteiger partial charge on any atom is -0.490 e. The van der Waals surface area contributed by atoms with Crippen molar-refractivity contribution in [2.24, 2.45) is 5.41 Å². The monoisotopic (exact) mass is 245 g/mol. The van der Waals surface area contributed by atoms with E-state index in [4.69, 9.17) is 4.74 Å². The molecule has 0 aliphatic carbocycles. The minimum atomic E-state index is 0.399. The zero-order valence-electron chi connectivity index (χ0n) is 11.5. The van der Waals surface area contributed by atoms with Crippen molar-refractivity contribution in [1.29, 1.82) is 0 Å². The van der Waals surface area contributed by atoms with Crippen LogP contribution in [0.1, 0.15) is 37.3 Å². The van der Waals surface area contributed by atoms with E-state index >= 15 is 0 Å². The van der Waals surface area contributed by atoms with Gasteiger partial charge in [-0.25, -0.2) is 0 Å². The first kappa shape index (κ1) is 12.0. The van der Waals surface area contributed by atoms with E-state index < -0.39 is 0 Å². The Balaban J connectivity index is 1.67. The summed E-state index contributed by atoms with van der Waals surface area (Å²) in [6, 6.07) is 6.56. The molecule has 1 fully saturated rings. The van der Waals surface area contributed by atoms with Crippen LogP contribution < -0.4 is 10.1 Å². The zero-order chi connectivity index (χ0) is 12.6. The molecule has 1 saturated heterocycles. The minimum absolute atomic E-state index is 0.399. The van der Waals surface area contributed by atoms with Crippen LogP contribution in [0.25, 0.3) is 0 Å². The highest BCUT2D eigenvalue weighted by atomic mass is 16.5. The van der Waals surface area contributed by atoms with Crippen LogP contribution in [0, 0.1) is 12.3 Å². The summed E-state index contributed by atoms with van der Waals surface area (Å²) in [7, 11) is 0. The Morgan fingerprint density at radius 2 is 2.22 bits per heavy atom. The maximum Gasteiger partial charge on any atom is 0.123 e. The summed E-state index contributed by atoms with van der Waals surface area (Å²) in [5, 5.41) is 3.44. The van der Waals surface area contributed by atoms with Crippen LogP contribution in [0.15, 0.2) is 18.2 Å². The Morgan fingerprint density at radius 3 is 2.89 bits per heavy atom. The molecule has 0 saturated carbocycles. The van der Waals surface area contributed by atoms with Crippen LogP contribution in [0.2, 0.25) is 0 Å². The van der Waals surface area contributed by atoms with E-state index in [1.54, 1.807) is 0 Å². The summed E-state index contributed by atoms with van der Waals surface area (Å²) in [6.45, 7) is 6.79. The largest absolute Gasteiger partial charge is 0.490 e. The maximum absolute atomic E-state index is 6.11. The van der Waals surface area contributed by atoms with Crippen molar-refractivity contribution in [3.8, 4) is 5.75 Å². The molecular formula is C16H23NO. The van der Waals surface area contributed by atoms with Crippen molar-refractivity contribution in [2.75, 3.05) is 13.1 Å². The average molecular weight is 245 g/mol. The van der Waals surface area contributed by atoms with Crippen LogP contribution >= 0.6 is 0 Å². The van der Waals surface area contributed by atoms with Crippen molar-refractivity contribution in [1.82, 2.24) is 5.32 Å². The number of hydrogen-bond donors (Lipinski definition) is 1. The van der Waals surface area contributed by atoms with Gasteiger partial charge < -0.3 is 10.1 Å². The Kier molecular flexibility index (Phi) is 3.06. The van der Waals surface area contributed by atoms with Crippen LogP contribution in [0.3, 0.4) is 0 Å². The van der Waals surface area contributed by atoms with Gasteiger partial charge in [0.05, 0.1) is 0 Å². The van der Waals surface area contributed by atoms with Gasteiger partial charge in [0.15, 0.2) is 0 Å². The Bertz CT molecular complexity index is 437. The number of nitrogens with one attached hydrogen (secondary N) is 1. The van der Waals surface area contributed by atoms with E-state index in [2.05, 4.69) is 37.4 Å². The van der Waals surface area contributed by atoms with E-state index in [1.807, 2.05) is 0 Å². The molecular weight excluding hydrogens is 222 g/mol. The smallest absolute Gasteiger partial charge is 0.123 e. The second-order valence-corrected chi connectivity index (χ2v) is 6.11. The maximum atomic E-state index is 6.11. The van der Waals surface area contributed by atoms with Crippen molar-refractivity contribution in [2.45, 2.75) is 45.6 Å². The highest BCUT2D eigenvalue weighted by molar-refractivity contribution is 5.40. The predicted molar refractivity (Wildman–Crippen MR) is 74.1 cm³/mol. The molecule has 3 rings (SSSR count). The van der Waals surface area contributed by atoms with Crippen LogP contribution in [-0.4, -0.2) is 19.2 Å². The summed E-state index contributed by atoms with van der Waals surface area (Å²) < 4.78 is 6.11. The lowest BCUT2D eigenvalue weighted by molar-refractivity contribution is 0.0744. The molecule has 1 N–H and O–H groups in total. The average Bonchev–Trinajstić information content (AvgIpc) is 2.67. The van der Waals surface area contributed by atoms with Crippen LogP contribution in [0.4, 0.5) is 0 Å². The molecule has 2 heteroatoms. The highest BCUT2D eigenvalue weighted by Crippen LogP contribution is 2.39. The van der Waals surface area contributed by atoms with E-state index in [-0.39, 0.29) is 0 Å². The van der Waals surface area contributed by atoms with E-state index in [0.717, 1.165) is 12.2 Å². The third kappa shape index (κ3) is 2.14. The summed E-state index contributed by atoms with van der Waals surface area (Å²) in [5.74, 6) is 1.12. The SMILES string of the molecule is CCCC1(CC2Cc3cc(C)ccc3O2)CNC1. The summed E-state index contributed by atoms with van der Waals surface area (Å²) in [5.41, 5.74) is 3.25. The molecule has 1 unspecified atom stereocenters. The van der Waals surface area contributed by atoms with Crippen molar-refractivity contribution < 1.29 is 4.74 Å². The molecule has 1 aromatic rings. The predicted octanol–water partition coefficient (Wildman–Crippen LogP) is 3.08. The van der Waals surface area contributed by atoms with E-state index in [9.17, 15) is 0 Å². The van der Waals surface area contributed by atoms with Gasteiger partial charge >= 0.3 is 0 Å². The Hall–Kier alpha value is -1.02. The van der Waals surface area contributed by atoms with Gasteiger partial charge in [0.2, 0.25) is 0 Å². The topological polar surface area (TPSA) is 21.3 Å². The molecule has 0 bridgehead atoms. The lowest BCUT2D eigenvalue weighted by Gasteiger charge is -2.44. The van der Waals surface area contributed by atoms with Crippen LogP contribution in [-0.2, 0) is 6.42 Å². The first-order chi connectivity index (χ1) is 8.71. The fourth-order valence-corrected chi connectivity index (χ4v) is 3.48. The fourth-order valence-electron chi connectivity index (χ4n) is 3.48. The molecule has 0 aromatic heterocycles. The summed E-state index contributed by atoms with van der Waals surface area (Å²) >= 11 is 0. The highest BCUT2D eigenvalue weighted by Gasteiger charge is 2.40. The molecule has 0 amide bonds. The van der Waals surface area contributed by atoms with Crippen molar-refractivity contribution >= 4 is 0 Å². The zero-order valence-corrected chi connectivity index (χ0v) is 11.5. The van der Waals surface area contributed by atoms with Gasteiger partial charge in [-0.2, -0.15) is 0 Å². The number of aryl methyl sites for hydroxylation is 1. The normalized spacial score (nSPS) is 24.2. The van der Waals surface area contributed by atoms with Crippen molar-refractivity contribution in [3.05, 3.63) is 29.3 Å². The first-order valence-corrected chi connectivity index (χ1v) is 7.18. The van der Waals surface area contributed by atoms with Crippen LogP contribution in [0.5, 0.6) is 5.75 Å². The second kappa shape index (κ2) is 4.58. The fraction of sp³-hybridized carbons (Fsp3) is 0.625. The van der Waals surface area contributed by atoms with Gasteiger partial charge in [-0.1, -0.05) is 31.0 Å². The lowest BCUT2D eigenvalue weighted by atomic mass is 9.73. The molecule has 98 valence electrons. The molecule has 2 heterocycles. The third-order valence-corrected chi connectivity index (χ3v) is 4.40. The van der Waals surface area contributed by atoms with Gasteiger partial charge in [0.1, 0.15) is 11.9 Å².